The van der Waals surface area contributed by atoms with Crippen molar-refractivity contribution in [1.82, 2.24) is 4.90 Å². The molecule has 0 amide bonds. The first-order valence-corrected chi connectivity index (χ1v) is 8.54. The maximum absolute atomic E-state index is 6.17. The molecule has 1 aliphatic rings. The molecule has 2 aromatic rings. The lowest BCUT2D eigenvalue weighted by Crippen LogP contribution is -2.50. The summed E-state index contributed by atoms with van der Waals surface area (Å²) in [5.41, 5.74) is 3.28. The molecular formula is C18H20ClN3S. The molecule has 1 heterocycles. The monoisotopic (exact) mass is 345 g/mol. The highest BCUT2D eigenvalue weighted by Crippen LogP contribution is 2.21. The van der Waals surface area contributed by atoms with Crippen LogP contribution in [0.15, 0.2) is 48.5 Å². The maximum atomic E-state index is 6.17. The van der Waals surface area contributed by atoms with Crippen LogP contribution >= 0.6 is 23.8 Å². The Labute approximate surface area is 147 Å². The summed E-state index contributed by atoms with van der Waals surface area (Å²) >= 11 is 11.7. The van der Waals surface area contributed by atoms with Crippen molar-refractivity contribution < 1.29 is 0 Å². The van der Waals surface area contributed by atoms with E-state index in [1.54, 1.807) is 0 Å². The minimum absolute atomic E-state index is 0.756. The van der Waals surface area contributed by atoms with Crippen molar-refractivity contribution in [2.75, 3.05) is 36.4 Å². The SMILES string of the molecule is Cc1ccc(NC(=S)N2CCN(c3ccccc3)CC2)cc1Cl. The molecule has 0 aromatic heterocycles. The molecule has 0 spiro atoms. The highest BCUT2D eigenvalue weighted by Gasteiger charge is 2.19. The fraction of sp³-hybridized carbons (Fsp3) is 0.278. The molecule has 0 aliphatic carbocycles. The van der Waals surface area contributed by atoms with Crippen LogP contribution in [0.3, 0.4) is 0 Å². The number of para-hydroxylation sites is 1. The predicted octanol–water partition coefficient (Wildman–Crippen LogP) is 4.17. The number of rotatable bonds is 2. The fourth-order valence-electron chi connectivity index (χ4n) is 2.68. The Morgan fingerprint density at radius 1 is 1.04 bits per heavy atom. The number of hydrogen-bond acceptors (Lipinski definition) is 2. The van der Waals surface area contributed by atoms with E-state index in [1.807, 2.05) is 31.2 Å². The topological polar surface area (TPSA) is 18.5 Å². The van der Waals surface area contributed by atoms with Gasteiger partial charge in [-0.15, -0.1) is 0 Å². The quantitative estimate of drug-likeness (QED) is 0.823. The highest BCUT2D eigenvalue weighted by molar-refractivity contribution is 7.80. The van der Waals surface area contributed by atoms with E-state index < -0.39 is 0 Å². The lowest BCUT2D eigenvalue weighted by Gasteiger charge is -2.37. The Morgan fingerprint density at radius 2 is 1.74 bits per heavy atom. The predicted molar refractivity (Wildman–Crippen MR) is 103 cm³/mol. The second kappa shape index (κ2) is 7.20. The van der Waals surface area contributed by atoms with Crippen LogP contribution in [0.25, 0.3) is 0 Å². The molecule has 0 unspecified atom stereocenters. The lowest BCUT2D eigenvalue weighted by molar-refractivity contribution is 0.391. The molecule has 23 heavy (non-hydrogen) atoms. The lowest BCUT2D eigenvalue weighted by atomic mass is 10.2. The number of benzene rings is 2. The van der Waals surface area contributed by atoms with Crippen molar-refractivity contribution in [3.8, 4) is 0 Å². The molecule has 0 radical (unpaired) electrons. The first-order chi connectivity index (χ1) is 11.1. The third-order valence-corrected chi connectivity index (χ3v) is 4.88. The number of piperazine rings is 1. The van der Waals surface area contributed by atoms with Gasteiger partial charge < -0.3 is 15.1 Å². The normalized spacial score (nSPS) is 14.7. The van der Waals surface area contributed by atoms with Crippen LogP contribution in [0, 0.1) is 6.92 Å². The van der Waals surface area contributed by atoms with Gasteiger partial charge in [-0.25, -0.2) is 0 Å². The molecular weight excluding hydrogens is 326 g/mol. The third-order valence-electron chi connectivity index (χ3n) is 4.11. The number of nitrogens with one attached hydrogen (secondary N) is 1. The number of halogens is 1. The van der Waals surface area contributed by atoms with E-state index >= 15 is 0 Å². The smallest absolute Gasteiger partial charge is 0.173 e. The van der Waals surface area contributed by atoms with Crippen molar-refractivity contribution in [3.63, 3.8) is 0 Å². The Bertz CT molecular complexity index is 682. The minimum atomic E-state index is 0.756. The first-order valence-electron chi connectivity index (χ1n) is 7.75. The summed E-state index contributed by atoms with van der Waals surface area (Å²) in [6.45, 7) is 5.77. The Morgan fingerprint density at radius 3 is 2.39 bits per heavy atom. The molecule has 1 saturated heterocycles. The number of thiocarbonyl (C=S) groups is 1. The van der Waals surface area contributed by atoms with E-state index in [1.165, 1.54) is 5.69 Å². The summed E-state index contributed by atoms with van der Waals surface area (Å²) in [5.74, 6) is 0. The van der Waals surface area contributed by atoms with Crippen molar-refractivity contribution in [2.45, 2.75) is 6.92 Å². The van der Waals surface area contributed by atoms with E-state index in [4.69, 9.17) is 23.8 Å². The van der Waals surface area contributed by atoms with Gasteiger partial charge in [0.1, 0.15) is 0 Å². The van der Waals surface area contributed by atoms with E-state index in [0.29, 0.717) is 0 Å². The highest BCUT2D eigenvalue weighted by atomic mass is 35.5. The van der Waals surface area contributed by atoms with Gasteiger partial charge in [-0.05, 0) is 49.0 Å². The first kappa shape index (κ1) is 16.1. The number of nitrogens with zero attached hydrogens (tertiary/aromatic N) is 2. The van der Waals surface area contributed by atoms with Crippen LogP contribution in [0.4, 0.5) is 11.4 Å². The second-order valence-corrected chi connectivity index (χ2v) is 6.50. The van der Waals surface area contributed by atoms with Gasteiger partial charge >= 0.3 is 0 Å². The zero-order valence-corrected chi connectivity index (χ0v) is 14.7. The molecule has 1 N–H and O–H groups in total. The van der Waals surface area contributed by atoms with Crippen molar-refractivity contribution in [1.29, 1.82) is 0 Å². The van der Waals surface area contributed by atoms with Crippen molar-refractivity contribution >= 4 is 40.3 Å². The fourth-order valence-corrected chi connectivity index (χ4v) is 3.16. The minimum Gasteiger partial charge on any atom is -0.368 e. The van der Waals surface area contributed by atoms with Crippen molar-refractivity contribution in [2.24, 2.45) is 0 Å². The summed E-state index contributed by atoms with van der Waals surface area (Å²) in [6, 6.07) is 16.4. The Balaban J connectivity index is 1.57. The molecule has 1 aliphatic heterocycles. The van der Waals surface area contributed by atoms with Crippen LogP contribution in [0.1, 0.15) is 5.56 Å². The molecule has 3 rings (SSSR count). The van der Waals surface area contributed by atoms with Crippen LogP contribution in [0.5, 0.6) is 0 Å². The zero-order valence-electron chi connectivity index (χ0n) is 13.1. The average molecular weight is 346 g/mol. The molecule has 1 fully saturated rings. The maximum Gasteiger partial charge on any atom is 0.173 e. The molecule has 0 bridgehead atoms. The average Bonchev–Trinajstić information content (AvgIpc) is 2.59. The number of aryl methyl sites for hydroxylation is 1. The molecule has 0 saturated carbocycles. The standard InChI is InChI=1S/C18H20ClN3S/c1-14-7-8-15(13-17(14)19)20-18(23)22-11-9-21(10-12-22)16-5-3-2-4-6-16/h2-8,13H,9-12H2,1H3,(H,20,23). The van der Waals surface area contributed by atoms with E-state index in [0.717, 1.165) is 47.6 Å². The van der Waals surface area contributed by atoms with Gasteiger partial charge in [-0.1, -0.05) is 35.9 Å². The van der Waals surface area contributed by atoms with Crippen LogP contribution < -0.4 is 10.2 Å². The van der Waals surface area contributed by atoms with E-state index in [-0.39, 0.29) is 0 Å². The molecule has 0 atom stereocenters. The Kier molecular flexibility index (Phi) is 5.03. The summed E-state index contributed by atoms with van der Waals surface area (Å²) in [6.07, 6.45) is 0. The van der Waals surface area contributed by atoms with Crippen LogP contribution in [-0.2, 0) is 0 Å². The van der Waals surface area contributed by atoms with Gasteiger partial charge in [0, 0.05) is 42.6 Å². The van der Waals surface area contributed by atoms with Crippen LogP contribution in [-0.4, -0.2) is 36.2 Å². The number of anilines is 2. The molecule has 2 aromatic carbocycles. The largest absolute Gasteiger partial charge is 0.368 e. The summed E-state index contributed by atoms with van der Waals surface area (Å²) in [5, 5.41) is 4.81. The van der Waals surface area contributed by atoms with Crippen molar-refractivity contribution in [3.05, 3.63) is 59.1 Å². The van der Waals surface area contributed by atoms with Gasteiger partial charge in [-0.2, -0.15) is 0 Å². The van der Waals surface area contributed by atoms with Gasteiger partial charge in [0.25, 0.3) is 0 Å². The Hall–Kier alpha value is -1.78. The zero-order chi connectivity index (χ0) is 16.2. The van der Waals surface area contributed by atoms with Gasteiger partial charge in [0.2, 0.25) is 0 Å². The van der Waals surface area contributed by atoms with Gasteiger partial charge in [-0.3, -0.25) is 0 Å². The number of hydrogen-bond donors (Lipinski definition) is 1. The van der Waals surface area contributed by atoms with Gasteiger partial charge in [0.15, 0.2) is 5.11 Å². The van der Waals surface area contributed by atoms with E-state index in [2.05, 4.69) is 39.4 Å². The molecule has 5 heteroatoms. The van der Waals surface area contributed by atoms with Crippen LogP contribution in [0.2, 0.25) is 5.02 Å². The van der Waals surface area contributed by atoms with Gasteiger partial charge in [0.05, 0.1) is 0 Å². The summed E-state index contributed by atoms with van der Waals surface area (Å²) < 4.78 is 0. The third kappa shape index (κ3) is 3.95. The van der Waals surface area contributed by atoms with E-state index in [9.17, 15) is 0 Å². The molecule has 3 nitrogen and oxygen atoms in total. The summed E-state index contributed by atoms with van der Waals surface area (Å²) in [7, 11) is 0. The summed E-state index contributed by atoms with van der Waals surface area (Å²) in [4.78, 5) is 4.60. The second-order valence-electron chi connectivity index (χ2n) is 5.70. The molecule has 120 valence electrons.